The van der Waals surface area contributed by atoms with Crippen LogP contribution in [0.1, 0.15) is 16.9 Å². The van der Waals surface area contributed by atoms with E-state index in [1.54, 1.807) is 36.5 Å². The number of thioether (sulfide) groups is 2. The van der Waals surface area contributed by atoms with Gasteiger partial charge in [-0.05, 0) is 60.0 Å². The second-order valence-electron chi connectivity index (χ2n) is 11.0. The molecule has 51 heavy (non-hydrogen) atoms. The third-order valence-corrected chi connectivity index (χ3v) is 10.1. The number of aliphatic hydroxyl groups is 1. The number of imide groups is 1. The molecule has 2 fully saturated rings. The first-order chi connectivity index (χ1) is 24.5. The van der Waals surface area contributed by atoms with Crippen LogP contribution in [-0.4, -0.2) is 79.4 Å². The van der Waals surface area contributed by atoms with E-state index in [1.807, 2.05) is 54.4 Å². The SMILES string of the molecule is CN(CCOc1ccc(CC2SC(=O)NC2=O)cc1)c1ccccn1.O=C(O)CN1C(=O)/C(=C/c2ccc(-c3ccc(CO)c(Cl)c3)o2)SC1=S. The van der Waals surface area contributed by atoms with Gasteiger partial charge in [0.1, 0.15) is 40.6 Å². The highest BCUT2D eigenvalue weighted by Crippen LogP contribution is 2.34. The van der Waals surface area contributed by atoms with E-state index >= 15 is 0 Å². The summed E-state index contributed by atoms with van der Waals surface area (Å²) in [6.07, 6.45) is 3.82. The number of carbonyl (C=O) groups excluding carboxylic acids is 3. The van der Waals surface area contributed by atoms with Crippen molar-refractivity contribution < 1.29 is 38.5 Å². The van der Waals surface area contributed by atoms with Crippen LogP contribution in [0.15, 0.2) is 88.3 Å². The molecule has 6 rings (SSSR count). The van der Waals surface area contributed by atoms with Gasteiger partial charge in [0.05, 0.1) is 23.3 Å². The molecule has 2 aromatic heterocycles. The molecule has 4 aromatic rings. The van der Waals surface area contributed by atoms with Crippen LogP contribution in [0.2, 0.25) is 5.02 Å². The Morgan fingerprint density at radius 3 is 2.57 bits per heavy atom. The molecule has 0 aliphatic carbocycles. The molecule has 12 nitrogen and oxygen atoms in total. The molecule has 16 heteroatoms. The number of nitrogens with zero attached hydrogens (tertiary/aromatic N) is 3. The van der Waals surface area contributed by atoms with E-state index in [4.69, 9.17) is 43.2 Å². The first-order valence-corrected chi connectivity index (χ1v) is 17.8. The van der Waals surface area contributed by atoms with Crippen LogP contribution in [-0.2, 0) is 27.4 Å². The average Bonchev–Trinajstić information content (AvgIpc) is 3.79. The number of ether oxygens (including phenoxy) is 1. The number of aliphatic carboxylic acids is 1. The summed E-state index contributed by atoms with van der Waals surface area (Å²) in [6.45, 7) is 0.642. The summed E-state index contributed by atoms with van der Waals surface area (Å²) in [5.74, 6) is 0.845. The number of halogens is 1. The predicted molar refractivity (Wildman–Crippen MR) is 201 cm³/mol. The summed E-state index contributed by atoms with van der Waals surface area (Å²) < 4.78 is 11.7. The van der Waals surface area contributed by atoms with Gasteiger partial charge in [-0.1, -0.05) is 77.7 Å². The van der Waals surface area contributed by atoms with Gasteiger partial charge in [0, 0.05) is 29.9 Å². The van der Waals surface area contributed by atoms with Crippen LogP contribution >= 0.6 is 47.3 Å². The fraction of sp³-hybridized carbons (Fsp3) is 0.200. The maximum atomic E-state index is 12.3. The number of nitrogens with one attached hydrogen (secondary N) is 1. The topological polar surface area (TPSA) is 163 Å². The number of carboxylic acid groups (broad SMARTS) is 1. The van der Waals surface area contributed by atoms with Crippen molar-refractivity contribution >= 4 is 86.6 Å². The van der Waals surface area contributed by atoms with Crippen LogP contribution in [0.25, 0.3) is 17.4 Å². The van der Waals surface area contributed by atoms with Crippen molar-refractivity contribution in [3.05, 3.63) is 106 Å². The number of anilines is 1. The summed E-state index contributed by atoms with van der Waals surface area (Å²) in [5.41, 5.74) is 2.34. The molecule has 2 aromatic carbocycles. The Morgan fingerprint density at radius 2 is 1.92 bits per heavy atom. The number of aliphatic hydroxyl groups excluding tert-OH is 1. The minimum atomic E-state index is -1.13. The second-order valence-corrected chi connectivity index (χ2v) is 14.3. The smallest absolute Gasteiger partial charge is 0.323 e. The van der Waals surface area contributed by atoms with Crippen LogP contribution < -0.4 is 15.0 Å². The molecule has 2 aliphatic rings. The van der Waals surface area contributed by atoms with Crippen LogP contribution in [0.3, 0.4) is 0 Å². The van der Waals surface area contributed by atoms with Gasteiger partial charge in [0.25, 0.3) is 11.1 Å². The number of likely N-dealkylation sites (N-methyl/N-ethyl adjacent to an activating group) is 1. The van der Waals surface area contributed by atoms with Gasteiger partial charge in [0.2, 0.25) is 5.91 Å². The van der Waals surface area contributed by atoms with E-state index in [0.717, 1.165) is 57.7 Å². The molecule has 0 spiro atoms. The zero-order chi connectivity index (χ0) is 36.5. The second kappa shape index (κ2) is 17.5. The summed E-state index contributed by atoms with van der Waals surface area (Å²) in [4.78, 5) is 53.5. The monoisotopic (exact) mass is 766 g/mol. The largest absolute Gasteiger partial charge is 0.492 e. The molecule has 3 amide bonds. The highest BCUT2D eigenvalue weighted by molar-refractivity contribution is 8.26. The van der Waals surface area contributed by atoms with Gasteiger partial charge in [0.15, 0.2) is 0 Å². The van der Waals surface area contributed by atoms with Crippen LogP contribution in [0.4, 0.5) is 10.6 Å². The number of pyridine rings is 1. The number of hydrogen-bond acceptors (Lipinski definition) is 12. The normalized spacial score (nSPS) is 16.3. The van der Waals surface area contributed by atoms with Crippen molar-refractivity contribution in [1.29, 1.82) is 0 Å². The van der Waals surface area contributed by atoms with Gasteiger partial charge in [-0.25, -0.2) is 4.98 Å². The van der Waals surface area contributed by atoms with Crippen LogP contribution in [0, 0.1) is 0 Å². The molecule has 2 saturated heterocycles. The summed E-state index contributed by atoms with van der Waals surface area (Å²) in [6, 6.07) is 22.0. The Hall–Kier alpha value is -4.67. The molecule has 0 radical (unpaired) electrons. The van der Waals surface area contributed by atoms with E-state index in [2.05, 4.69) is 10.3 Å². The lowest BCUT2D eigenvalue weighted by Crippen LogP contribution is -2.33. The quantitative estimate of drug-likeness (QED) is 0.116. The number of amides is 3. The number of rotatable bonds is 12. The third-order valence-electron chi connectivity index (χ3n) is 7.42. The van der Waals surface area contributed by atoms with Crippen molar-refractivity contribution in [2.45, 2.75) is 18.3 Å². The molecule has 1 unspecified atom stereocenters. The van der Waals surface area contributed by atoms with Crippen molar-refractivity contribution in [3.8, 4) is 17.1 Å². The minimum Gasteiger partial charge on any atom is -0.492 e. The Bertz CT molecular complexity index is 1960. The van der Waals surface area contributed by atoms with Gasteiger partial charge in [-0.2, -0.15) is 0 Å². The lowest BCUT2D eigenvalue weighted by Gasteiger charge is -2.18. The van der Waals surface area contributed by atoms with Crippen molar-refractivity contribution in [1.82, 2.24) is 15.2 Å². The Kier molecular flexibility index (Phi) is 12.9. The predicted octanol–water partition coefficient (Wildman–Crippen LogP) is 5.87. The molecule has 264 valence electrons. The highest BCUT2D eigenvalue weighted by atomic mass is 35.5. The minimum absolute atomic E-state index is 0.152. The van der Waals surface area contributed by atoms with E-state index in [1.165, 1.54) is 6.08 Å². The van der Waals surface area contributed by atoms with Gasteiger partial charge < -0.3 is 24.3 Å². The molecular formula is C35H31ClN4O8S3. The van der Waals surface area contributed by atoms with Crippen molar-refractivity contribution in [2.24, 2.45) is 0 Å². The first kappa shape index (κ1) is 37.6. The lowest BCUT2D eigenvalue weighted by atomic mass is 10.1. The molecule has 4 heterocycles. The fourth-order valence-corrected chi connectivity index (χ4v) is 7.11. The Labute approximate surface area is 311 Å². The van der Waals surface area contributed by atoms with Crippen molar-refractivity contribution in [2.75, 3.05) is 31.6 Å². The number of furan rings is 1. The maximum absolute atomic E-state index is 12.3. The van der Waals surface area contributed by atoms with Gasteiger partial charge in [-0.3, -0.25) is 29.4 Å². The van der Waals surface area contributed by atoms with Gasteiger partial charge >= 0.3 is 5.97 Å². The number of carbonyl (C=O) groups is 4. The van der Waals surface area contributed by atoms with E-state index in [0.29, 0.717) is 40.0 Å². The molecule has 2 aliphatic heterocycles. The van der Waals surface area contributed by atoms with Crippen LogP contribution in [0.5, 0.6) is 5.75 Å². The first-order valence-electron chi connectivity index (χ1n) is 15.3. The maximum Gasteiger partial charge on any atom is 0.323 e. The zero-order valence-corrected chi connectivity index (χ0v) is 30.2. The molecule has 0 saturated carbocycles. The number of thiocarbonyl (C=S) groups is 1. The fourth-order valence-electron chi connectivity index (χ4n) is 4.77. The van der Waals surface area contributed by atoms with Crippen molar-refractivity contribution in [3.63, 3.8) is 0 Å². The molecule has 0 bridgehead atoms. The molecule has 3 N–H and O–H groups in total. The highest BCUT2D eigenvalue weighted by Gasteiger charge is 2.34. The Balaban J connectivity index is 0.000000198. The average molecular weight is 767 g/mol. The third kappa shape index (κ3) is 10.2. The number of hydrogen-bond donors (Lipinski definition) is 3. The molecule has 1 atom stereocenters. The molecular weight excluding hydrogens is 736 g/mol. The standard InChI is InChI=1S/C18H19N3O3S.C17H12ClNO5S2/c1-21(16-4-2-3-9-19-16)10-11-24-14-7-5-13(6-8-14)12-15-17(22)20-18(23)25-15;18-12-5-9(1-2-10(12)8-20)13-4-3-11(24-13)6-14-16(23)19(7-15(21)22)17(25)26-14/h2-9,15H,10-12H2,1H3,(H,20,22,23);1-6,20H,7-8H2,(H,21,22)/b;14-6-. The van der Waals surface area contributed by atoms with E-state index < -0.39 is 18.4 Å². The lowest BCUT2D eigenvalue weighted by molar-refractivity contribution is -0.140. The Morgan fingerprint density at radius 1 is 1.14 bits per heavy atom. The van der Waals surface area contributed by atoms with Gasteiger partial charge in [-0.15, -0.1) is 0 Å². The summed E-state index contributed by atoms with van der Waals surface area (Å²) in [7, 11) is 1.97. The number of benzene rings is 2. The number of aromatic nitrogens is 1. The summed E-state index contributed by atoms with van der Waals surface area (Å²) >= 11 is 13.2. The summed E-state index contributed by atoms with van der Waals surface area (Å²) in [5, 5.41) is 20.1. The van der Waals surface area contributed by atoms with E-state index in [-0.39, 0.29) is 27.3 Å². The van der Waals surface area contributed by atoms with E-state index in [9.17, 15) is 19.2 Å². The number of carboxylic acids is 1. The zero-order valence-electron chi connectivity index (χ0n) is 27.0.